The lowest BCUT2D eigenvalue weighted by Crippen LogP contribution is -2.33. The molecule has 1 aromatic carbocycles. The maximum absolute atomic E-state index is 11.4. The van der Waals surface area contributed by atoms with Crippen LogP contribution in [0, 0.1) is 0 Å². The second-order valence-electron chi connectivity index (χ2n) is 6.16. The minimum atomic E-state index is -3.16. The van der Waals surface area contributed by atoms with Gasteiger partial charge in [0.05, 0.1) is 11.5 Å². The molecule has 9 heteroatoms. The van der Waals surface area contributed by atoms with Crippen LogP contribution in [0.3, 0.4) is 0 Å². The molecule has 0 saturated carbocycles. The first-order valence-electron chi connectivity index (χ1n) is 7.87. The van der Waals surface area contributed by atoms with Crippen LogP contribution in [-0.2, 0) is 30.9 Å². The second-order valence-corrected chi connectivity index (χ2v) is 10.7. The van der Waals surface area contributed by atoms with Crippen molar-refractivity contribution in [3.05, 3.63) is 29.8 Å². The fraction of sp³-hybridized carbons (Fsp3) is 0.562. The fourth-order valence-electron chi connectivity index (χ4n) is 2.24. The third-order valence-corrected chi connectivity index (χ3v) is 5.47. The molecule has 142 valence electrons. The first kappa shape index (κ1) is 21.4. The number of hydrogen-bond acceptors (Lipinski definition) is 6. The van der Waals surface area contributed by atoms with Gasteiger partial charge in [-0.3, -0.25) is 4.79 Å². The summed E-state index contributed by atoms with van der Waals surface area (Å²) in [4.78, 5) is 12.3. The summed E-state index contributed by atoms with van der Waals surface area (Å²) in [5.74, 6) is -0.946. The Morgan fingerprint density at radius 3 is 1.84 bits per heavy atom. The summed E-state index contributed by atoms with van der Waals surface area (Å²) in [5, 5.41) is 8.65. The number of anilines is 1. The highest BCUT2D eigenvalue weighted by molar-refractivity contribution is 7.90. The van der Waals surface area contributed by atoms with E-state index in [1.54, 1.807) is 17.0 Å². The van der Waals surface area contributed by atoms with Crippen molar-refractivity contribution in [2.45, 2.75) is 19.3 Å². The number of nitrogens with zero attached hydrogens (tertiary/aromatic N) is 1. The van der Waals surface area contributed by atoms with E-state index >= 15 is 0 Å². The zero-order valence-corrected chi connectivity index (χ0v) is 16.1. The molecule has 0 spiro atoms. The van der Waals surface area contributed by atoms with Crippen LogP contribution in [0.2, 0.25) is 0 Å². The van der Waals surface area contributed by atoms with Crippen LogP contribution in [0.4, 0.5) is 5.69 Å². The van der Waals surface area contributed by atoms with Crippen LogP contribution >= 0.6 is 0 Å². The van der Waals surface area contributed by atoms with E-state index in [9.17, 15) is 21.6 Å². The van der Waals surface area contributed by atoms with Gasteiger partial charge in [-0.25, -0.2) is 16.8 Å². The number of benzene rings is 1. The monoisotopic (exact) mass is 391 g/mol. The summed E-state index contributed by atoms with van der Waals surface area (Å²) >= 11 is 0. The first-order chi connectivity index (χ1) is 11.5. The van der Waals surface area contributed by atoms with Crippen molar-refractivity contribution < 1.29 is 26.7 Å². The van der Waals surface area contributed by atoms with Crippen molar-refractivity contribution in [2.24, 2.45) is 0 Å². The van der Waals surface area contributed by atoms with Crippen LogP contribution in [0.15, 0.2) is 24.3 Å². The number of aliphatic carboxylic acids is 1. The van der Waals surface area contributed by atoms with Crippen molar-refractivity contribution in [1.82, 2.24) is 0 Å². The van der Waals surface area contributed by atoms with Gasteiger partial charge in [0.1, 0.15) is 19.7 Å². The van der Waals surface area contributed by atoms with Crippen LogP contribution in [0.25, 0.3) is 0 Å². The highest BCUT2D eigenvalue weighted by Crippen LogP contribution is 2.17. The first-order valence-corrected chi connectivity index (χ1v) is 12.0. The minimum Gasteiger partial charge on any atom is -0.481 e. The predicted octanol–water partition coefficient (Wildman–Crippen LogP) is 0.990. The lowest BCUT2D eigenvalue weighted by atomic mass is 10.1. The minimum absolute atomic E-state index is 0.0584. The van der Waals surface area contributed by atoms with E-state index in [0.29, 0.717) is 12.8 Å². The molecular weight excluding hydrogens is 366 g/mol. The molecule has 0 unspecified atom stereocenters. The normalized spacial score (nSPS) is 12.1. The van der Waals surface area contributed by atoms with Gasteiger partial charge in [0.15, 0.2) is 0 Å². The summed E-state index contributed by atoms with van der Waals surface area (Å²) in [5.41, 5.74) is 1.73. The number of rotatable bonds is 11. The number of carboxylic acid groups (broad SMARTS) is 1. The molecular formula is C16H25NO6S2. The molecule has 0 bridgehead atoms. The predicted molar refractivity (Wildman–Crippen MR) is 98.7 cm³/mol. The Morgan fingerprint density at radius 2 is 1.44 bits per heavy atom. The van der Waals surface area contributed by atoms with Crippen LogP contribution < -0.4 is 4.90 Å². The quantitative estimate of drug-likeness (QED) is 0.599. The largest absolute Gasteiger partial charge is 0.481 e. The van der Waals surface area contributed by atoms with E-state index in [1.165, 1.54) is 0 Å². The molecule has 1 rings (SSSR count). The summed E-state index contributed by atoms with van der Waals surface area (Å²) < 4.78 is 45.6. The van der Waals surface area contributed by atoms with Crippen molar-refractivity contribution in [3.8, 4) is 0 Å². The third kappa shape index (κ3) is 10.1. The Bertz CT molecular complexity index is 733. The number of sulfone groups is 2. The molecule has 7 nitrogen and oxygen atoms in total. The van der Waals surface area contributed by atoms with Gasteiger partial charge in [-0.1, -0.05) is 12.1 Å². The SMILES string of the molecule is CS(=O)(=O)CCN(CCS(C)(=O)=O)c1ccc(CCCC(=O)O)cc1. The van der Waals surface area contributed by atoms with Gasteiger partial charge in [0.25, 0.3) is 0 Å². The van der Waals surface area contributed by atoms with Gasteiger partial charge in [-0.05, 0) is 30.5 Å². The van der Waals surface area contributed by atoms with Gasteiger partial charge < -0.3 is 10.0 Å². The summed E-state index contributed by atoms with van der Waals surface area (Å²) in [6.07, 6.45) is 3.58. The highest BCUT2D eigenvalue weighted by Gasteiger charge is 2.13. The topological polar surface area (TPSA) is 109 Å². The lowest BCUT2D eigenvalue weighted by Gasteiger charge is -2.24. The number of carboxylic acids is 1. The molecule has 0 aliphatic rings. The molecule has 25 heavy (non-hydrogen) atoms. The maximum Gasteiger partial charge on any atom is 0.303 e. The fourth-order valence-corrected chi connectivity index (χ4v) is 3.34. The number of carbonyl (C=O) groups is 1. The summed E-state index contributed by atoms with van der Waals surface area (Å²) in [7, 11) is -6.31. The zero-order valence-electron chi connectivity index (χ0n) is 14.5. The molecule has 0 fully saturated rings. The van der Waals surface area contributed by atoms with E-state index in [1.807, 2.05) is 12.1 Å². The average Bonchev–Trinajstić information content (AvgIpc) is 2.46. The second kappa shape index (κ2) is 9.19. The standard InChI is InChI=1S/C16H25NO6S2/c1-24(20,21)12-10-17(11-13-25(2,22)23)15-8-6-14(7-9-15)4-3-5-16(18)19/h6-9H,3-5,10-13H2,1-2H3,(H,18,19). The average molecular weight is 392 g/mol. The van der Waals surface area contributed by atoms with E-state index in [4.69, 9.17) is 5.11 Å². The lowest BCUT2D eigenvalue weighted by molar-refractivity contribution is -0.137. The van der Waals surface area contributed by atoms with Crippen molar-refractivity contribution >= 4 is 31.3 Å². The number of aryl methyl sites for hydroxylation is 1. The van der Waals surface area contributed by atoms with E-state index < -0.39 is 25.6 Å². The molecule has 1 N–H and O–H groups in total. The maximum atomic E-state index is 11.4. The molecule has 0 radical (unpaired) electrons. The van der Waals surface area contributed by atoms with Gasteiger partial charge in [-0.15, -0.1) is 0 Å². The van der Waals surface area contributed by atoms with Crippen LogP contribution in [0.1, 0.15) is 18.4 Å². The molecule has 0 atom stereocenters. The molecule has 0 aromatic heterocycles. The Hall–Kier alpha value is -1.61. The van der Waals surface area contributed by atoms with Gasteiger partial charge in [0.2, 0.25) is 0 Å². The van der Waals surface area contributed by atoms with E-state index in [2.05, 4.69) is 0 Å². The van der Waals surface area contributed by atoms with Gasteiger partial charge in [0, 0.05) is 37.7 Å². The molecule has 0 saturated heterocycles. The van der Waals surface area contributed by atoms with Crippen molar-refractivity contribution in [2.75, 3.05) is 42.0 Å². The summed E-state index contributed by atoms with van der Waals surface area (Å²) in [6, 6.07) is 7.32. The van der Waals surface area contributed by atoms with Gasteiger partial charge in [-0.2, -0.15) is 0 Å². The molecule has 1 aromatic rings. The number of hydrogen-bond donors (Lipinski definition) is 1. The Labute approximate surface area is 149 Å². The smallest absolute Gasteiger partial charge is 0.303 e. The molecule has 0 aliphatic carbocycles. The van der Waals surface area contributed by atoms with Crippen molar-refractivity contribution in [3.63, 3.8) is 0 Å². The van der Waals surface area contributed by atoms with E-state index in [0.717, 1.165) is 23.8 Å². The summed E-state index contributed by atoms with van der Waals surface area (Å²) in [6.45, 7) is 0.430. The Balaban J connectivity index is 2.80. The van der Waals surface area contributed by atoms with Crippen LogP contribution in [-0.4, -0.2) is 65.0 Å². The van der Waals surface area contributed by atoms with Crippen molar-refractivity contribution in [1.29, 1.82) is 0 Å². The van der Waals surface area contributed by atoms with E-state index in [-0.39, 0.29) is 31.0 Å². The molecule has 0 aliphatic heterocycles. The molecule has 0 heterocycles. The zero-order chi connectivity index (χ0) is 19.1. The van der Waals surface area contributed by atoms with Gasteiger partial charge >= 0.3 is 5.97 Å². The third-order valence-electron chi connectivity index (χ3n) is 3.62. The highest BCUT2D eigenvalue weighted by atomic mass is 32.2. The Morgan fingerprint density at radius 1 is 0.960 bits per heavy atom. The Kier molecular flexibility index (Phi) is 7.88. The van der Waals surface area contributed by atoms with Crippen LogP contribution in [0.5, 0.6) is 0 Å². The molecule has 0 amide bonds.